The highest BCUT2D eigenvalue weighted by Gasteiger charge is 2.38. The number of alkyl halides is 3. The molecule has 134 valence electrons. The van der Waals surface area contributed by atoms with Crippen molar-refractivity contribution in [3.8, 4) is 11.5 Å². The zero-order chi connectivity index (χ0) is 18.6. The maximum atomic E-state index is 12.7. The van der Waals surface area contributed by atoms with Gasteiger partial charge in [-0.3, -0.25) is 10.1 Å². The number of ether oxygens (including phenoxy) is 2. The van der Waals surface area contributed by atoms with Gasteiger partial charge >= 0.3 is 6.18 Å². The molecular formula is C16H15F3N2O4. The van der Waals surface area contributed by atoms with Crippen LogP contribution in [0.5, 0.6) is 11.5 Å². The van der Waals surface area contributed by atoms with Gasteiger partial charge in [0.1, 0.15) is 12.6 Å². The van der Waals surface area contributed by atoms with E-state index in [1.54, 1.807) is 6.07 Å². The molecule has 2 rings (SSSR count). The minimum absolute atomic E-state index is 0.0517. The number of para-hydroxylation sites is 1. The van der Waals surface area contributed by atoms with E-state index >= 15 is 0 Å². The van der Waals surface area contributed by atoms with Gasteiger partial charge < -0.3 is 15.2 Å². The van der Waals surface area contributed by atoms with Crippen molar-refractivity contribution in [2.45, 2.75) is 18.8 Å². The van der Waals surface area contributed by atoms with Crippen molar-refractivity contribution in [2.24, 2.45) is 5.73 Å². The van der Waals surface area contributed by atoms with Crippen LogP contribution in [0.15, 0.2) is 42.5 Å². The number of nitrogens with zero attached hydrogens (tertiary/aromatic N) is 1. The van der Waals surface area contributed by atoms with E-state index in [2.05, 4.69) is 0 Å². The molecule has 6 nitrogen and oxygen atoms in total. The molecule has 0 bridgehead atoms. The second-order valence-corrected chi connectivity index (χ2v) is 5.10. The first-order valence-corrected chi connectivity index (χ1v) is 7.09. The maximum absolute atomic E-state index is 12.7. The Bertz CT molecular complexity index is 765. The van der Waals surface area contributed by atoms with E-state index in [4.69, 9.17) is 15.2 Å². The van der Waals surface area contributed by atoms with Gasteiger partial charge in [0.2, 0.25) is 0 Å². The third-order valence-corrected chi connectivity index (χ3v) is 3.47. The highest BCUT2D eigenvalue weighted by molar-refractivity contribution is 5.45. The number of nitro benzene ring substituents is 1. The molecule has 0 aromatic heterocycles. The Balaban J connectivity index is 2.22. The molecule has 0 saturated carbocycles. The Kier molecular flexibility index (Phi) is 5.48. The fourth-order valence-corrected chi connectivity index (χ4v) is 2.15. The lowest BCUT2D eigenvalue weighted by Crippen LogP contribution is -2.28. The number of benzene rings is 2. The molecule has 0 aliphatic heterocycles. The zero-order valence-electron chi connectivity index (χ0n) is 13.1. The van der Waals surface area contributed by atoms with E-state index in [1.165, 1.54) is 37.4 Å². The lowest BCUT2D eigenvalue weighted by atomic mass is 10.1. The summed E-state index contributed by atoms with van der Waals surface area (Å²) in [6.07, 6.45) is -4.59. The predicted octanol–water partition coefficient (Wildman–Crippen LogP) is 3.74. The molecule has 0 amide bonds. The van der Waals surface area contributed by atoms with E-state index in [9.17, 15) is 23.3 Å². The van der Waals surface area contributed by atoms with Crippen LogP contribution in [-0.2, 0) is 6.61 Å². The van der Waals surface area contributed by atoms with Crippen LogP contribution in [0.2, 0.25) is 0 Å². The zero-order valence-corrected chi connectivity index (χ0v) is 13.1. The molecule has 25 heavy (non-hydrogen) atoms. The van der Waals surface area contributed by atoms with E-state index in [0.717, 1.165) is 6.07 Å². The van der Waals surface area contributed by atoms with Crippen LogP contribution in [0.1, 0.15) is 17.2 Å². The summed E-state index contributed by atoms with van der Waals surface area (Å²) in [6, 6.07) is 7.45. The highest BCUT2D eigenvalue weighted by atomic mass is 19.4. The van der Waals surface area contributed by atoms with Gasteiger partial charge in [-0.05, 0) is 23.8 Å². The molecule has 9 heteroatoms. The van der Waals surface area contributed by atoms with Gasteiger partial charge in [-0.2, -0.15) is 13.2 Å². The van der Waals surface area contributed by atoms with Gasteiger partial charge in [-0.15, -0.1) is 0 Å². The summed E-state index contributed by atoms with van der Waals surface area (Å²) in [4.78, 5) is 10.4. The first-order valence-electron chi connectivity index (χ1n) is 7.09. The van der Waals surface area contributed by atoms with E-state index in [0.29, 0.717) is 5.56 Å². The van der Waals surface area contributed by atoms with Crippen LogP contribution in [0.25, 0.3) is 0 Å². The van der Waals surface area contributed by atoms with E-state index in [1.807, 2.05) is 0 Å². The van der Waals surface area contributed by atoms with Crippen LogP contribution in [0.3, 0.4) is 0 Å². The molecule has 2 aromatic carbocycles. The molecular weight excluding hydrogens is 341 g/mol. The summed E-state index contributed by atoms with van der Waals surface area (Å²) in [7, 11) is 1.27. The van der Waals surface area contributed by atoms with Crippen molar-refractivity contribution in [2.75, 3.05) is 7.11 Å². The number of rotatable bonds is 6. The molecule has 0 aliphatic carbocycles. The van der Waals surface area contributed by atoms with Crippen molar-refractivity contribution >= 4 is 5.69 Å². The van der Waals surface area contributed by atoms with Crippen LogP contribution < -0.4 is 15.2 Å². The lowest BCUT2D eigenvalue weighted by molar-refractivity contribution is -0.385. The van der Waals surface area contributed by atoms with Gasteiger partial charge in [-0.1, -0.05) is 18.2 Å². The Hall–Kier alpha value is -2.81. The first kappa shape index (κ1) is 18.5. The fraction of sp³-hybridized carbons (Fsp3) is 0.250. The summed E-state index contributed by atoms with van der Waals surface area (Å²) in [6.45, 7) is -0.141. The van der Waals surface area contributed by atoms with Crippen molar-refractivity contribution in [3.63, 3.8) is 0 Å². The second kappa shape index (κ2) is 7.39. The molecule has 0 saturated heterocycles. The number of nitrogens with two attached hydrogens (primary N) is 1. The normalized spacial score (nSPS) is 12.5. The van der Waals surface area contributed by atoms with Crippen LogP contribution in [0, 0.1) is 10.1 Å². The van der Waals surface area contributed by atoms with Crippen molar-refractivity contribution in [1.29, 1.82) is 0 Å². The number of hydrogen-bond donors (Lipinski definition) is 1. The Morgan fingerprint density at radius 2 is 1.88 bits per heavy atom. The molecule has 0 radical (unpaired) electrons. The van der Waals surface area contributed by atoms with Crippen LogP contribution in [-0.4, -0.2) is 18.2 Å². The molecule has 0 fully saturated rings. The topological polar surface area (TPSA) is 87.6 Å². The number of halogens is 3. The minimum Gasteiger partial charge on any atom is -0.493 e. The third-order valence-electron chi connectivity index (χ3n) is 3.47. The molecule has 0 aliphatic rings. The second-order valence-electron chi connectivity index (χ2n) is 5.10. The van der Waals surface area contributed by atoms with Crippen LogP contribution >= 0.6 is 0 Å². The van der Waals surface area contributed by atoms with Gasteiger partial charge in [0.15, 0.2) is 11.5 Å². The van der Waals surface area contributed by atoms with Crippen molar-refractivity contribution < 1.29 is 27.6 Å². The molecule has 2 N–H and O–H groups in total. The summed E-state index contributed by atoms with van der Waals surface area (Å²) in [5, 5.41) is 11.0. The smallest absolute Gasteiger partial charge is 0.407 e. The van der Waals surface area contributed by atoms with Gasteiger partial charge in [0.05, 0.1) is 17.6 Å². The summed E-state index contributed by atoms with van der Waals surface area (Å²) in [5.74, 6) is 0.203. The van der Waals surface area contributed by atoms with Gasteiger partial charge in [0, 0.05) is 6.07 Å². The largest absolute Gasteiger partial charge is 0.493 e. The molecule has 0 unspecified atom stereocenters. The Morgan fingerprint density at radius 1 is 1.20 bits per heavy atom. The first-order chi connectivity index (χ1) is 11.7. The van der Waals surface area contributed by atoms with Gasteiger partial charge in [0.25, 0.3) is 5.69 Å². The molecule has 1 atom stereocenters. The average Bonchev–Trinajstić information content (AvgIpc) is 2.58. The summed E-state index contributed by atoms with van der Waals surface area (Å²) < 4.78 is 48.6. The minimum atomic E-state index is -4.59. The SMILES string of the molecule is COc1cc([C@@H](N)C(F)(F)F)ccc1OCc1ccccc1[N+](=O)[O-]. The highest BCUT2D eigenvalue weighted by Crippen LogP contribution is 2.36. The predicted molar refractivity (Wildman–Crippen MR) is 83.4 cm³/mol. The average molecular weight is 356 g/mol. The Morgan fingerprint density at radius 3 is 2.48 bits per heavy atom. The van der Waals surface area contributed by atoms with Gasteiger partial charge in [-0.25, -0.2) is 0 Å². The summed E-state index contributed by atoms with van der Waals surface area (Å²) in [5.41, 5.74) is 5.20. The molecule has 2 aromatic rings. The lowest BCUT2D eigenvalue weighted by Gasteiger charge is -2.18. The van der Waals surface area contributed by atoms with E-state index in [-0.39, 0.29) is 29.4 Å². The van der Waals surface area contributed by atoms with Crippen molar-refractivity contribution in [3.05, 3.63) is 63.7 Å². The molecule has 0 heterocycles. The standard InChI is InChI=1S/C16H15F3N2O4/c1-24-14-8-10(15(20)16(17,18)19)6-7-13(14)25-9-11-4-2-3-5-12(11)21(22)23/h2-8,15H,9,20H2,1H3/t15-/m1/s1. The number of methoxy groups -OCH3 is 1. The van der Waals surface area contributed by atoms with Crippen molar-refractivity contribution in [1.82, 2.24) is 0 Å². The maximum Gasteiger partial charge on any atom is 0.407 e. The van der Waals surface area contributed by atoms with E-state index < -0.39 is 17.1 Å². The van der Waals surface area contributed by atoms with Crippen LogP contribution in [0.4, 0.5) is 18.9 Å². The fourth-order valence-electron chi connectivity index (χ4n) is 2.15. The summed E-state index contributed by atoms with van der Waals surface area (Å²) >= 11 is 0. The quantitative estimate of drug-likeness (QED) is 0.629. The number of hydrogen-bond acceptors (Lipinski definition) is 5. The molecule has 0 spiro atoms. The number of nitro groups is 1. The monoisotopic (exact) mass is 356 g/mol. The Labute approximate surface area is 141 Å². The third kappa shape index (κ3) is 4.38.